The molecule has 1 N–H and O–H groups in total. The number of rotatable bonds is 4. The lowest BCUT2D eigenvalue weighted by Crippen LogP contribution is -1.97. The monoisotopic (exact) mass is 297 g/mol. The third-order valence-electron chi connectivity index (χ3n) is 3.60. The Kier molecular flexibility index (Phi) is 3.63. The molecule has 4 nitrogen and oxygen atoms in total. The maximum atomic E-state index is 14.1. The molecular weight excluding hydrogens is 281 g/mol. The van der Waals surface area contributed by atoms with E-state index in [-0.39, 0.29) is 11.7 Å². The van der Waals surface area contributed by atoms with Crippen LogP contribution in [-0.4, -0.2) is 15.8 Å². The number of carbonyl (C=O) groups is 1. The van der Waals surface area contributed by atoms with Crippen LogP contribution in [0.5, 0.6) is 0 Å². The molecule has 3 aromatic rings. The third-order valence-corrected chi connectivity index (χ3v) is 3.60. The Morgan fingerprint density at radius 2 is 2.05 bits per heavy atom. The van der Waals surface area contributed by atoms with Gasteiger partial charge in [0.05, 0.1) is 6.20 Å². The molecule has 0 atom stereocenters. The lowest BCUT2D eigenvalue weighted by Gasteiger charge is -2.14. The highest BCUT2D eigenvalue weighted by Gasteiger charge is 2.14. The number of benzene rings is 1. The van der Waals surface area contributed by atoms with Crippen molar-refractivity contribution in [2.24, 2.45) is 0 Å². The number of nitrogens with zero attached hydrogens (tertiary/aromatic N) is 2. The fourth-order valence-electron chi connectivity index (χ4n) is 2.66. The van der Waals surface area contributed by atoms with Crippen LogP contribution in [0, 0.1) is 5.82 Å². The van der Waals surface area contributed by atoms with E-state index in [9.17, 15) is 9.18 Å². The number of nitrogens with one attached hydrogen (secondary N) is 1. The fraction of sp³-hybridized carbons (Fsp3) is 0.176. The van der Waals surface area contributed by atoms with Gasteiger partial charge in [-0.1, -0.05) is 26.0 Å². The molecule has 112 valence electrons. The number of anilines is 1. The predicted molar refractivity (Wildman–Crippen MR) is 84.4 cm³/mol. The summed E-state index contributed by atoms with van der Waals surface area (Å²) in [5, 5.41) is 2.52. The number of aromatic nitrogens is 2. The first kappa shape index (κ1) is 14.3. The van der Waals surface area contributed by atoms with Gasteiger partial charge in [0.15, 0.2) is 5.82 Å². The maximum Gasteiger partial charge on any atom is 0.212 e. The van der Waals surface area contributed by atoms with Gasteiger partial charge in [-0.05, 0) is 40.8 Å². The molecule has 0 aliphatic rings. The molecule has 2 aromatic heterocycles. The van der Waals surface area contributed by atoms with Gasteiger partial charge in [0.25, 0.3) is 0 Å². The van der Waals surface area contributed by atoms with Crippen molar-refractivity contribution in [3.63, 3.8) is 0 Å². The number of pyridine rings is 1. The van der Waals surface area contributed by atoms with Gasteiger partial charge in [0.2, 0.25) is 6.41 Å². The Balaban J connectivity index is 2.14. The summed E-state index contributed by atoms with van der Waals surface area (Å²) in [7, 11) is 0. The summed E-state index contributed by atoms with van der Waals surface area (Å²) < 4.78 is 16.0. The highest BCUT2D eigenvalue weighted by atomic mass is 19.1. The summed E-state index contributed by atoms with van der Waals surface area (Å²) in [5.41, 5.74) is 3.20. The Hall–Kier alpha value is -2.69. The van der Waals surface area contributed by atoms with Crippen molar-refractivity contribution < 1.29 is 9.18 Å². The van der Waals surface area contributed by atoms with Gasteiger partial charge in [0, 0.05) is 6.20 Å². The van der Waals surface area contributed by atoms with Crippen molar-refractivity contribution in [3.8, 4) is 11.1 Å². The normalized spacial score (nSPS) is 11.1. The van der Waals surface area contributed by atoms with Gasteiger partial charge < -0.3 is 9.72 Å². The lowest BCUT2D eigenvalue weighted by molar-refractivity contribution is -0.105. The van der Waals surface area contributed by atoms with Crippen molar-refractivity contribution in [3.05, 3.63) is 54.1 Å². The van der Waals surface area contributed by atoms with Gasteiger partial charge in [0.1, 0.15) is 11.5 Å². The highest BCUT2D eigenvalue weighted by Crippen LogP contribution is 2.31. The van der Waals surface area contributed by atoms with Crippen molar-refractivity contribution in [2.45, 2.75) is 19.8 Å². The largest absolute Gasteiger partial charge is 0.312 e. The zero-order chi connectivity index (χ0) is 15.7. The molecule has 2 heterocycles. The molecule has 0 aliphatic heterocycles. The number of fused-ring (bicyclic) bond motifs is 1. The van der Waals surface area contributed by atoms with Gasteiger partial charge in [-0.15, -0.1) is 0 Å². The third kappa shape index (κ3) is 2.45. The summed E-state index contributed by atoms with van der Waals surface area (Å²) >= 11 is 0. The van der Waals surface area contributed by atoms with Gasteiger partial charge in [-0.2, -0.15) is 0 Å². The summed E-state index contributed by atoms with van der Waals surface area (Å²) in [6, 6.07) is 8.88. The number of halogens is 1. The van der Waals surface area contributed by atoms with Crippen molar-refractivity contribution in [2.75, 3.05) is 5.32 Å². The van der Waals surface area contributed by atoms with Crippen LogP contribution in [0.25, 0.3) is 16.8 Å². The molecule has 0 spiro atoms. The second-order valence-corrected chi connectivity index (χ2v) is 5.43. The second kappa shape index (κ2) is 5.60. The molecule has 0 saturated heterocycles. The van der Waals surface area contributed by atoms with Crippen LogP contribution in [0.15, 0.2) is 42.7 Å². The smallest absolute Gasteiger partial charge is 0.212 e. The van der Waals surface area contributed by atoms with Crippen LogP contribution in [-0.2, 0) is 4.79 Å². The van der Waals surface area contributed by atoms with Crippen LogP contribution in [0.2, 0.25) is 0 Å². The van der Waals surface area contributed by atoms with E-state index in [1.54, 1.807) is 12.3 Å². The van der Waals surface area contributed by atoms with E-state index in [0.717, 1.165) is 16.8 Å². The fourth-order valence-corrected chi connectivity index (χ4v) is 2.66. The Bertz CT molecular complexity index is 839. The first-order valence-electron chi connectivity index (χ1n) is 7.08. The van der Waals surface area contributed by atoms with E-state index in [1.165, 1.54) is 6.07 Å². The van der Waals surface area contributed by atoms with Crippen LogP contribution in [0.4, 0.5) is 10.2 Å². The summed E-state index contributed by atoms with van der Waals surface area (Å²) in [6.07, 6.45) is 4.20. The molecule has 0 unspecified atom stereocenters. The molecule has 0 radical (unpaired) electrons. The van der Waals surface area contributed by atoms with E-state index < -0.39 is 0 Å². The van der Waals surface area contributed by atoms with Gasteiger partial charge in [-0.25, -0.2) is 9.37 Å². The molecule has 22 heavy (non-hydrogen) atoms. The molecule has 0 fully saturated rings. The van der Waals surface area contributed by atoms with Crippen LogP contribution < -0.4 is 5.32 Å². The molecule has 1 amide bonds. The molecular formula is C17H16FN3O. The zero-order valence-electron chi connectivity index (χ0n) is 12.4. The zero-order valence-corrected chi connectivity index (χ0v) is 12.4. The molecule has 1 aromatic carbocycles. The molecule has 0 aliphatic carbocycles. The number of hydrogen-bond acceptors (Lipinski definition) is 2. The van der Waals surface area contributed by atoms with Crippen molar-refractivity contribution in [1.82, 2.24) is 9.38 Å². The molecule has 3 rings (SSSR count). The number of carbonyl (C=O) groups excluding carboxylic acids is 1. The molecule has 0 saturated carbocycles. The first-order chi connectivity index (χ1) is 10.6. The quantitative estimate of drug-likeness (QED) is 0.744. The van der Waals surface area contributed by atoms with E-state index in [2.05, 4.69) is 10.3 Å². The second-order valence-electron chi connectivity index (χ2n) is 5.43. The minimum atomic E-state index is -0.193. The summed E-state index contributed by atoms with van der Waals surface area (Å²) in [6.45, 7) is 3.95. The van der Waals surface area contributed by atoms with E-state index in [1.807, 2.05) is 42.6 Å². The Morgan fingerprint density at radius 1 is 1.23 bits per heavy atom. The van der Waals surface area contributed by atoms with Gasteiger partial charge in [-0.3, -0.25) is 4.79 Å². The standard InChI is InChI=1S/C17H16FN3O/c1-11(2)17-13(4-3-5-14(17)18)12-6-7-16-20-15(19-10-22)9-21(16)8-12/h3-11H,1-2H3,(H,19,22). The van der Waals surface area contributed by atoms with Crippen molar-refractivity contribution in [1.29, 1.82) is 0 Å². The predicted octanol–water partition coefficient (Wildman–Crippen LogP) is 3.83. The first-order valence-corrected chi connectivity index (χ1v) is 7.08. The number of hydrogen-bond donors (Lipinski definition) is 1. The van der Waals surface area contributed by atoms with Crippen LogP contribution in [0.1, 0.15) is 25.3 Å². The number of imidazole rings is 1. The van der Waals surface area contributed by atoms with Gasteiger partial charge >= 0.3 is 0 Å². The van der Waals surface area contributed by atoms with Crippen molar-refractivity contribution >= 4 is 17.9 Å². The van der Waals surface area contributed by atoms with E-state index >= 15 is 0 Å². The minimum Gasteiger partial charge on any atom is -0.312 e. The lowest BCUT2D eigenvalue weighted by atomic mass is 9.93. The summed E-state index contributed by atoms with van der Waals surface area (Å²) in [4.78, 5) is 14.8. The van der Waals surface area contributed by atoms with E-state index in [0.29, 0.717) is 17.8 Å². The topological polar surface area (TPSA) is 46.4 Å². The highest BCUT2D eigenvalue weighted by molar-refractivity contribution is 5.72. The minimum absolute atomic E-state index is 0.0852. The molecule has 5 heteroatoms. The van der Waals surface area contributed by atoms with E-state index in [4.69, 9.17) is 0 Å². The average Bonchev–Trinajstić information content (AvgIpc) is 2.88. The maximum absolute atomic E-state index is 14.1. The average molecular weight is 297 g/mol. The SMILES string of the molecule is CC(C)c1c(F)cccc1-c1ccc2nc(NC=O)cn2c1. The Morgan fingerprint density at radius 3 is 2.77 bits per heavy atom. The van der Waals surface area contributed by atoms with Crippen LogP contribution >= 0.6 is 0 Å². The summed E-state index contributed by atoms with van der Waals surface area (Å²) in [5.74, 6) is 0.374. The Labute approximate surface area is 127 Å². The number of amides is 1. The van der Waals surface area contributed by atoms with Crippen LogP contribution in [0.3, 0.4) is 0 Å². The molecule has 0 bridgehead atoms.